The van der Waals surface area contributed by atoms with Crippen LogP contribution in [0.3, 0.4) is 0 Å². The van der Waals surface area contributed by atoms with Crippen molar-refractivity contribution < 1.29 is 14.4 Å². The minimum atomic E-state index is -0.640. The molecule has 0 spiro atoms. The van der Waals surface area contributed by atoms with E-state index < -0.39 is 6.04 Å². The lowest BCUT2D eigenvalue weighted by atomic mass is 10.2. The summed E-state index contributed by atoms with van der Waals surface area (Å²) >= 11 is 0. The number of amidine groups is 1. The van der Waals surface area contributed by atoms with Gasteiger partial charge < -0.3 is 9.80 Å². The zero-order valence-corrected chi connectivity index (χ0v) is 14.3. The predicted molar refractivity (Wildman–Crippen MR) is 92.8 cm³/mol. The SMILES string of the molecule is CC(=O)N1CCN(C(=O)C2=NC(C)C(=O)N(c3ccccc3)N2)CC1. The van der Waals surface area contributed by atoms with E-state index in [1.54, 1.807) is 28.9 Å². The van der Waals surface area contributed by atoms with Crippen LogP contribution in [0.2, 0.25) is 0 Å². The van der Waals surface area contributed by atoms with Crippen LogP contribution in [-0.4, -0.2) is 65.6 Å². The highest BCUT2D eigenvalue weighted by atomic mass is 16.2. The molecule has 0 aliphatic carbocycles. The van der Waals surface area contributed by atoms with E-state index in [0.29, 0.717) is 31.9 Å². The summed E-state index contributed by atoms with van der Waals surface area (Å²) in [4.78, 5) is 44.1. The second-order valence-corrected chi connectivity index (χ2v) is 6.07. The van der Waals surface area contributed by atoms with Crippen molar-refractivity contribution in [3.8, 4) is 0 Å². The first-order valence-corrected chi connectivity index (χ1v) is 8.25. The molecule has 1 aromatic rings. The Kier molecular flexibility index (Phi) is 4.69. The third kappa shape index (κ3) is 3.47. The van der Waals surface area contributed by atoms with Gasteiger partial charge in [-0.05, 0) is 19.1 Å². The van der Waals surface area contributed by atoms with Crippen molar-refractivity contribution in [1.82, 2.24) is 15.2 Å². The van der Waals surface area contributed by atoms with Crippen LogP contribution in [0, 0.1) is 0 Å². The lowest BCUT2D eigenvalue weighted by Crippen LogP contribution is -2.60. The average molecular weight is 343 g/mol. The summed E-state index contributed by atoms with van der Waals surface area (Å²) in [7, 11) is 0. The van der Waals surface area contributed by atoms with Gasteiger partial charge in [0.15, 0.2) is 0 Å². The van der Waals surface area contributed by atoms with Crippen molar-refractivity contribution in [2.24, 2.45) is 4.99 Å². The zero-order valence-electron chi connectivity index (χ0n) is 14.3. The van der Waals surface area contributed by atoms with Gasteiger partial charge >= 0.3 is 0 Å². The van der Waals surface area contributed by atoms with Crippen LogP contribution >= 0.6 is 0 Å². The van der Waals surface area contributed by atoms with Crippen LogP contribution in [0.5, 0.6) is 0 Å². The fourth-order valence-electron chi connectivity index (χ4n) is 2.87. The largest absolute Gasteiger partial charge is 0.339 e. The molecule has 2 aliphatic heterocycles. The Morgan fingerprint density at radius 3 is 2.28 bits per heavy atom. The summed E-state index contributed by atoms with van der Waals surface area (Å²) in [5, 5.41) is 1.36. The molecule has 1 unspecified atom stereocenters. The first-order valence-electron chi connectivity index (χ1n) is 8.25. The van der Waals surface area contributed by atoms with Crippen LogP contribution < -0.4 is 10.4 Å². The number of aliphatic imine (C=N–C) groups is 1. The second-order valence-electron chi connectivity index (χ2n) is 6.07. The average Bonchev–Trinajstić information content (AvgIpc) is 2.64. The number of rotatable bonds is 2. The number of para-hydroxylation sites is 1. The number of anilines is 1. The molecule has 1 saturated heterocycles. The van der Waals surface area contributed by atoms with Crippen molar-refractivity contribution >= 4 is 29.2 Å². The molecule has 0 bridgehead atoms. The third-order valence-electron chi connectivity index (χ3n) is 4.35. The normalized spacial score (nSPS) is 20.9. The molecule has 8 nitrogen and oxygen atoms in total. The molecule has 1 N–H and O–H groups in total. The minimum Gasteiger partial charge on any atom is -0.339 e. The van der Waals surface area contributed by atoms with Gasteiger partial charge in [0.2, 0.25) is 11.7 Å². The molecule has 3 amide bonds. The number of piperazine rings is 1. The maximum Gasteiger partial charge on any atom is 0.290 e. The van der Waals surface area contributed by atoms with Crippen molar-refractivity contribution in [3.05, 3.63) is 30.3 Å². The predicted octanol–water partition coefficient (Wildman–Crippen LogP) is 0.0155. The summed E-state index contributed by atoms with van der Waals surface area (Å²) < 4.78 is 0. The third-order valence-corrected chi connectivity index (χ3v) is 4.35. The molecular weight excluding hydrogens is 322 g/mol. The van der Waals surface area contributed by atoms with Crippen LogP contribution in [0.1, 0.15) is 13.8 Å². The Morgan fingerprint density at radius 2 is 1.68 bits per heavy atom. The van der Waals surface area contributed by atoms with E-state index in [0.717, 1.165) is 0 Å². The fraction of sp³-hybridized carbons (Fsp3) is 0.412. The number of benzene rings is 1. The van der Waals surface area contributed by atoms with Crippen LogP contribution in [-0.2, 0) is 14.4 Å². The minimum absolute atomic E-state index is 0.00898. The van der Waals surface area contributed by atoms with Crippen LogP contribution in [0.15, 0.2) is 35.3 Å². The molecule has 0 radical (unpaired) electrons. The number of hydrogen-bond acceptors (Lipinski definition) is 5. The summed E-state index contributed by atoms with van der Waals surface area (Å²) in [5.74, 6) is -0.324. The topological polar surface area (TPSA) is 85.3 Å². The number of hydrogen-bond donors (Lipinski definition) is 1. The quantitative estimate of drug-likeness (QED) is 0.820. The van der Waals surface area contributed by atoms with Gasteiger partial charge in [-0.15, -0.1) is 0 Å². The number of amides is 3. The van der Waals surface area contributed by atoms with Crippen LogP contribution in [0.25, 0.3) is 0 Å². The Labute approximate surface area is 146 Å². The molecule has 0 saturated carbocycles. The molecule has 1 atom stereocenters. The van der Waals surface area contributed by atoms with Gasteiger partial charge in [-0.2, -0.15) is 0 Å². The molecule has 25 heavy (non-hydrogen) atoms. The van der Waals surface area contributed by atoms with Crippen molar-refractivity contribution in [2.45, 2.75) is 19.9 Å². The molecule has 2 aliphatic rings. The highest BCUT2D eigenvalue weighted by molar-refractivity contribution is 6.39. The van der Waals surface area contributed by atoms with E-state index in [9.17, 15) is 14.4 Å². The van der Waals surface area contributed by atoms with Gasteiger partial charge in [0.05, 0.1) is 5.69 Å². The van der Waals surface area contributed by atoms with Crippen molar-refractivity contribution in [3.63, 3.8) is 0 Å². The molecule has 3 rings (SSSR count). The molecule has 8 heteroatoms. The number of nitrogens with one attached hydrogen (secondary N) is 1. The number of carbonyl (C=O) groups excluding carboxylic acids is 3. The highest BCUT2D eigenvalue weighted by Crippen LogP contribution is 2.16. The van der Waals surface area contributed by atoms with Crippen molar-refractivity contribution in [2.75, 3.05) is 31.2 Å². The summed E-state index contributed by atoms with van der Waals surface area (Å²) in [6, 6.07) is 8.44. The maximum atomic E-state index is 12.8. The Hall–Kier alpha value is -2.90. The molecule has 0 aromatic heterocycles. The van der Waals surface area contributed by atoms with Gasteiger partial charge in [-0.1, -0.05) is 18.2 Å². The number of nitrogens with zero attached hydrogens (tertiary/aromatic N) is 4. The monoisotopic (exact) mass is 343 g/mol. The number of carbonyl (C=O) groups is 3. The highest BCUT2D eigenvalue weighted by Gasteiger charge is 2.33. The molecule has 2 heterocycles. The summed E-state index contributed by atoms with van der Waals surface area (Å²) in [5.41, 5.74) is 3.50. The Morgan fingerprint density at radius 1 is 1.08 bits per heavy atom. The lowest BCUT2D eigenvalue weighted by Gasteiger charge is -2.36. The first kappa shape index (κ1) is 16.9. The smallest absolute Gasteiger partial charge is 0.290 e. The lowest BCUT2D eigenvalue weighted by molar-refractivity contribution is -0.135. The Bertz CT molecular complexity index is 710. The van der Waals surface area contributed by atoms with Crippen LogP contribution in [0.4, 0.5) is 5.69 Å². The van der Waals surface area contributed by atoms with Crippen molar-refractivity contribution in [1.29, 1.82) is 0 Å². The van der Waals surface area contributed by atoms with E-state index >= 15 is 0 Å². The fourth-order valence-corrected chi connectivity index (χ4v) is 2.87. The molecule has 1 fully saturated rings. The van der Waals surface area contributed by atoms with Gasteiger partial charge in [0.25, 0.3) is 11.8 Å². The van der Waals surface area contributed by atoms with E-state index in [2.05, 4.69) is 10.4 Å². The second kappa shape index (κ2) is 6.92. The summed E-state index contributed by atoms with van der Waals surface area (Å²) in [6.45, 7) is 5.10. The van der Waals surface area contributed by atoms with E-state index in [4.69, 9.17) is 0 Å². The van der Waals surface area contributed by atoms with E-state index in [1.807, 2.05) is 18.2 Å². The number of hydrazine groups is 1. The van der Waals surface area contributed by atoms with Gasteiger partial charge in [0, 0.05) is 33.1 Å². The van der Waals surface area contributed by atoms with Gasteiger partial charge in [0.1, 0.15) is 6.04 Å². The van der Waals surface area contributed by atoms with Gasteiger partial charge in [-0.3, -0.25) is 19.8 Å². The van der Waals surface area contributed by atoms with E-state index in [-0.39, 0.29) is 23.6 Å². The maximum absolute atomic E-state index is 12.8. The zero-order chi connectivity index (χ0) is 18.0. The molecular formula is C17H21N5O3. The van der Waals surface area contributed by atoms with Gasteiger partial charge in [-0.25, -0.2) is 10.0 Å². The molecule has 1 aromatic carbocycles. The first-order chi connectivity index (χ1) is 12.0. The standard InChI is InChI=1S/C17H21N5O3/c1-12-16(24)22(14-6-4-3-5-7-14)19-15(18-12)17(25)21-10-8-20(9-11-21)13(2)23/h3-7,12H,8-11H2,1-2H3,(H,18,19). The van der Waals surface area contributed by atoms with E-state index in [1.165, 1.54) is 11.9 Å². The molecule has 132 valence electrons. The summed E-state index contributed by atoms with van der Waals surface area (Å²) in [6.07, 6.45) is 0. The Balaban J connectivity index is 1.73.